The van der Waals surface area contributed by atoms with E-state index in [1.165, 1.54) is 0 Å². The van der Waals surface area contributed by atoms with E-state index in [1.807, 2.05) is 0 Å². The van der Waals surface area contributed by atoms with Gasteiger partial charge in [-0.05, 0) is 6.42 Å². The van der Waals surface area contributed by atoms with Gasteiger partial charge in [0.2, 0.25) is 0 Å². The average molecular weight is 448 g/mol. The molecule has 0 radical (unpaired) electrons. The van der Waals surface area contributed by atoms with Crippen LogP contribution in [0, 0.1) is 0 Å². The van der Waals surface area contributed by atoms with Gasteiger partial charge in [-0.2, -0.15) is 57.1 Å². The molecule has 0 spiro atoms. The van der Waals surface area contributed by atoms with Crippen LogP contribution in [-0.4, -0.2) is 55.6 Å². The highest BCUT2D eigenvalue weighted by Crippen LogP contribution is 2.60. The SMILES string of the molecule is C=COCCOCCCC(F)(F)C(F)(F)C(F)(F)C(F)(F)C(F)(F)C(F)(F)F. The van der Waals surface area contributed by atoms with Crippen molar-refractivity contribution in [3.05, 3.63) is 12.8 Å². The van der Waals surface area contributed by atoms with Crippen LogP contribution in [-0.2, 0) is 9.47 Å². The number of hydrogen-bond acceptors (Lipinski definition) is 2. The molecule has 168 valence electrons. The lowest BCUT2D eigenvalue weighted by atomic mass is 9.92. The second-order valence-electron chi connectivity index (χ2n) is 5.25. The Balaban J connectivity index is 5.37. The van der Waals surface area contributed by atoms with Crippen molar-refractivity contribution in [3.8, 4) is 0 Å². The van der Waals surface area contributed by atoms with E-state index in [0.29, 0.717) is 0 Å². The van der Waals surface area contributed by atoms with Gasteiger partial charge in [-0.15, -0.1) is 0 Å². The first-order chi connectivity index (χ1) is 12.3. The summed E-state index contributed by atoms with van der Waals surface area (Å²) in [7, 11) is 0. The van der Waals surface area contributed by atoms with Crippen molar-refractivity contribution in [2.75, 3.05) is 19.8 Å². The Bertz CT molecular complexity index is 513. The molecule has 0 atom stereocenters. The molecule has 0 N–H and O–H groups in total. The summed E-state index contributed by atoms with van der Waals surface area (Å²) in [6.45, 7) is 1.88. The molecule has 0 rings (SSSR count). The fraction of sp³-hybridized carbons (Fsp3) is 0.846. The first-order valence-corrected chi connectivity index (χ1v) is 7.07. The molecular weight excluding hydrogens is 435 g/mol. The quantitative estimate of drug-likeness (QED) is 0.217. The Hall–Kier alpha value is -1.41. The molecule has 15 heteroatoms. The maximum Gasteiger partial charge on any atom is 0.460 e. The van der Waals surface area contributed by atoms with Crippen molar-refractivity contribution >= 4 is 0 Å². The van der Waals surface area contributed by atoms with E-state index in [9.17, 15) is 57.1 Å². The molecule has 0 amide bonds. The second kappa shape index (κ2) is 8.53. The van der Waals surface area contributed by atoms with Crippen LogP contribution in [0.2, 0.25) is 0 Å². The molecule has 0 aromatic heterocycles. The molecule has 0 aliphatic rings. The fourth-order valence-electron chi connectivity index (χ4n) is 1.65. The van der Waals surface area contributed by atoms with Gasteiger partial charge in [-0.3, -0.25) is 0 Å². The number of rotatable bonds is 12. The highest BCUT2D eigenvalue weighted by molar-refractivity contribution is 5.10. The van der Waals surface area contributed by atoms with E-state index in [4.69, 9.17) is 0 Å². The van der Waals surface area contributed by atoms with Crippen LogP contribution < -0.4 is 0 Å². The van der Waals surface area contributed by atoms with Crippen LogP contribution in [0.4, 0.5) is 57.1 Å². The second-order valence-corrected chi connectivity index (χ2v) is 5.25. The number of hydrogen-bond donors (Lipinski definition) is 0. The van der Waals surface area contributed by atoms with E-state index >= 15 is 0 Å². The number of halogens is 13. The molecule has 0 unspecified atom stereocenters. The third-order valence-corrected chi connectivity index (χ3v) is 3.24. The van der Waals surface area contributed by atoms with E-state index in [-0.39, 0.29) is 13.2 Å². The summed E-state index contributed by atoms with van der Waals surface area (Å²) in [6.07, 6.45) is -9.87. The summed E-state index contributed by atoms with van der Waals surface area (Å²) < 4.78 is 176. The molecule has 28 heavy (non-hydrogen) atoms. The van der Waals surface area contributed by atoms with Crippen molar-refractivity contribution in [1.29, 1.82) is 0 Å². The van der Waals surface area contributed by atoms with Gasteiger partial charge in [-0.1, -0.05) is 6.58 Å². The molecule has 0 aromatic carbocycles. The summed E-state index contributed by atoms with van der Waals surface area (Å²) >= 11 is 0. The number of alkyl halides is 13. The Morgan fingerprint density at radius 2 is 1.07 bits per heavy atom. The molecule has 2 nitrogen and oxygen atoms in total. The van der Waals surface area contributed by atoms with Crippen LogP contribution >= 0.6 is 0 Å². The van der Waals surface area contributed by atoms with Crippen LogP contribution in [0.15, 0.2) is 12.8 Å². The molecule has 0 aliphatic carbocycles. The third-order valence-electron chi connectivity index (χ3n) is 3.24. The molecule has 0 saturated heterocycles. The van der Waals surface area contributed by atoms with Gasteiger partial charge in [0.25, 0.3) is 0 Å². The summed E-state index contributed by atoms with van der Waals surface area (Å²) in [4.78, 5) is 0. The fourth-order valence-corrected chi connectivity index (χ4v) is 1.65. The summed E-state index contributed by atoms with van der Waals surface area (Å²) in [5.41, 5.74) is 0. The van der Waals surface area contributed by atoms with Crippen LogP contribution in [0.25, 0.3) is 0 Å². The Morgan fingerprint density at radius 3 is 1.50 bits per heavy atom. The van der Waals surface area contributed by atoms with Crippen molar-refractivity contribution in [3.63, 3.8) is 0 Å². The van der Waals surface area contributed by atoms with Gasteiger partial charge in [-0.25, -0.2) is 0 Å². The first-order valence-electron chi connectivity index (χ1n) is 7.07. The first kappa shape index (κ1) is 26.6. The van der Waals surface area contributed by atoms with Crippen molar-refractivity contribution < 1.29 is 66.5 Å². The minimum absolute atomic E-state index is 0.160. The standard InChI is InChI=1S/C13H13F13O2/c1-2-27-6-7-28-5-3-4-8(14,15)9(16,17)10(18,19)11(20,21)12(22,23)13(24,25)26/h2H,1,3-7H2. The smallest absolute Gasteiger partial charge is 0.460 e. The van der Waals surface area contributed by atoms with Crippen LogP contribution in [0.5, 0.6) is 0 Å². The van der Waals surface area contributed by atoms with E-state index in [0.717, 1.165) is 6.26 Å². The topological polar surface area (TPSA) is 18.5 Å². The van der Waals surface area contributed by atoms with Crippen molar-refractivity contribution in [2.24, 2.45) is 0 Å². The molecule has 0 fully saturated rings. The maximum absolute atomic E-state index is 13.4. The molecule has 0 saturated carbocycles. The van der Waals surface area contributed by atoms with Gasteiger partial charge in [0.1, 0.15) is 6.61 Å². The van der Waals surface area contributed by atoms with E-state index in [1.54, 1.807) is 0 Å². The van der Waals surface area contributed by atoms with Gasteiger partial charge >= 0.3 is 35.8 Å². The maximum atomic E-state index is 13.4. The lowest BCUT2D eigenvalue weighted by Gasteiger charge is -2.39. The van der Waals surface area contributed by atoms with Gasteiger partial charge < -0.3 is 9.47 Å². The number of ether oxygens (including phenoxy) is 2. The lowest BCUT2D eigenvalue weighted by Crippen LogP contribution is -2.70. The Kier molecular flexibility index (Phi) is 8.10. The molecule has 0 heterocycles. The Morgan fingerprint density at radius 1 is 0.607 bits per heavy atom. The van der Waals surface area contributed by atoms with Gasteiger partial charge in [0.15, 0.2) is 0 Å². The van der Waals surface area contributed by atoms with Gasteiger partial charge in [0.05, 0.1) is 12.9 Å². The summed E-state index contributed by atoms with van der Waals surface area (Å²) in [6, 6.07) is 0. The molecule has 0 bridgehead atoms. The highest BCUT2D eigenvalue weighted by atomic mass is 19.4. The monoisotopic (exact) mass is 448 g/mol. The molecule has 0 aliphatic heterocycles. The lowest BCUT2D eigenvalue weighted by molar-refractivity contribution is -0.440. The average Bonchev–Trinajstić information content (AvgIpc) is 2.52. The highest BCUT2D eigenvalue weighted by Gasteiger charge is 2.90. The minimum Gasteiger partial charge on any atom is -0.499 e. The zero-order valence-corrected chi connectivity index (χ0v) is 13.6. The predicted molar refractivity (Wildman–Crippen MR) is 67.0 cm³/mol. The normalized spacial score (nSPS) is 14.9. The van der Waals surface area contributed by atoms with Crippen molar-refractivity contribution in [2.45, 2.75) is 48.6 Å². The van der Waals surface area contributed by atoms with E-state index in [2.05, 4.69) is 16.1 Å². The van der Waals surface area contributed by atoms with Crippen LogP contribution in [0.3, 0.4) is 0 Å². The molecule has 0 aromatic rings. The summed E-state index contributed by atoms with van der Waals surface area (Å²) in [5.74, 6) is -36.6. The largest absolute Gasteiger partial charge is 0.499 e. The minimum atomic E-state index is -7.87. The van der Waals surface area contributed by atoms with Gasteiger partial charge in [0, 0.05) is 13.0 Å². The van der Waals surface area contributed by atoms with Crippen LogP contribution in [0.1, 0.15) is 12.8 Å². The predicted octanol–water partition coefficient (Wildman–Crippen LogP) is 5.68. The summed E-state index contributed by atoms with van der Waals surface area (Å²) in [5, 5.41) is 0. The third kappa shape index (κ3) is 4.76. The van der Waals surface area contributed by atoms with E-state index < -0.39 is 55.2 Å². The molecular formula is C13H13F13O2. The van der Waals surface area contributed by atoms with Crippen molar-refractivity contribution in [1.82, 2.24) is 0 Å². The Labute approximate surface area is 149 Å². The zero-order valence-electron chi connectivity index (χ0n) is 13.6. The zero-order chi connectivity index (χ0) is 22.7.